The number of fused-ring (bicyclic) bond motifs is 2. The van der Waals surface area contributed by atoms with Crippen molar-refractivity contribution in [3.05, 3.63) is 76.1 Å². The largest absolute Gasteiger partial charge is 0.481 e. The molecule has 0 radical (unpaired) electrons. The summed E-state index contributed by atoms with van der Waals surface area (Å²) >= 11 is 0. The summed E-state index contributed by atoms with van der Waals surface area (Å²) in [5.41, 5.74) is 11.3. The second-order valence-electron chi connectivity index (χ2n) is 10.1. The van der Waals surface area contributed by atoms with Crippen molar-refractivity contribution in [2.24, 2.45) is 5.73 Å². The van der Waals surface area contributed by atoms with Crippen LogP contribution in [0.15, 0.2) is 53.6 Å². The van der Waals surface area contributed by atoms with Crippen LogP contribution in [0, 0.1) is 0 Å². The third-order valence-electron chi connectivity index (χ3n) is 6.87. The summed E-state index contributed by atoms with van der Waals surface area (Å²) in [6.07, 6.45) is 1.24. The first kappa shape index (κ1) is 35.0. The minimum Gasteiger partial charge on any atom is -0.481 e. The molecule has 45 heavy (non-hydrogen) atoms. The molecule has 0 saturated heterocycles. The van der Waals surface area contributed by atoms with Crippen molar-refractivity contribution < 1.29 is 45.0 Å². The minimum absolute atomic E-state index is 0.00181. The Morgan fingerprint density at radius 2 is 1.69 bits per heavy atom. The number of carboxylic acids is 1. The normalized spacial score (nSPS) is 14.0. The molecule has 1 aliphatic rings. The zero-order valence-electron chi connectivity index (χ0n) is 24.2. The van der Waals surface area contributed by atoms with Crippen LogP contribution in [0.4, 0.5) is 5.95 Å². The van der Waals surface area contributed by atoms with Crippen LogP contribution in [0.1, 0.15) is 34.1 Å². The fourth-order valence-corrected chi connectivity index (χ4v) is 4.19. The van der Waals surface area contributed by atoms with Gasteiger partial charge in [0.15, 0.2) is 11.2 Å². The number of aromatic nitrogens is 5. The number of ketones is 1. The van der Waals surface area contributed by atoms with Gasteiger partial charge < -0.3 is 51.4 Å². The zero-order chi connectivity index (χ0) is 33.1. The van der Waals surface area contributed by atoms with Crippen molar-refractivity contribution in [1.29, 1.82) is 0 Å². The molecule has 17 heteroatoms. The number of aliphatic hydroxyl groups excluding tert-OH is 5. The smallest absolute Gasteiger partial charge is 0.312 e. The van der Waals surface area contributed by atoms with Crippen molar-refractivity contribution in [3.8, 4) is 0 Å². The van der Waals surface area contributed by atoms with Crippen molar-refractivity contribution in [3.63, 3.8) is 0 Å². The number of anilines is 1. The monoisotopic (exact) mass is 631 g/mol. The Balaban J connectivity index is 0.000000200. The third kappa shape index (κ3) is 8.58. The Morgan fingerprint density at radius 3 is 2.24 bits per heavy atom. The van der Waals surface area contributed by atoms with Gasteiger partial charge in [0, 0.05) is 17.8 Å². The summed E-state index contributed by atoms with van der Waals surface area (Å²) in [4.78, 5) is 45.1. The van der Waals surface area contributed by atoms with Gasteiger partial charge in [-0.25, -0.2) is 4.98 Å². The molecule has 3 aromatic heterocycles. The van der Waals surface area contributed by atoms with Gasteiger partial charge in [0.1, 0.15) is 12.8 Å². The van der Waals surface area contributed by atoms with Crippen LogP contribution in [0.2, 0.25) is 0 Å². The number of carbonyl (C=O) groups excluding carboxylic acids is 1. The molecule has 4 aromatic rings. The number of hydrogen-bond donors (Lipinski definition) is 9. The Labute approximate surface area is 256 Å². The van der Waals surface area contributed by atoms with E-state index in [1.807, 2.05) is 22.8 Å². The number of nitrogens with two attached hydrogens (primary N) is 2. The van der Waals surface area contributed by atoms with E-state index in [-0.39, 0.29) is 42.8 Å². The third-order valence-corrected chi connectivity index (χ3v) is 6.87. The standard InChI is InChI=1S/C15H13NO3.C9H13N5O4.C4H11NO3/c17-14(10-4-2-1-3-5-10)13-7-6-12-11(15(18)19)8-9-16(12)13;10-9-12-7-6(8(17)13-9)11-3-14(7)4-18-5(1-15)2-16;5-4(1-6,2-7)3-8/h1-7,11H,8-9H2,(H,18,19);3,5,15-16H,1-2,4H2,(H3,10,12,13,17);6-8H,1-3,5H2. The zero-order valence-corrected chi connectivity index (χ0v) is 24.2. The summed E-state index contributed by atoms with van der Waals surface area (Å²) in [6, 6.07) is 12.5. The Hall–Kier alpha value is -4.49. The first-order valence-corrected chi connectivity index (χ1v) is 13.7. The van der Waals surface area contributed by atoms with Gasteiger partial charge in [0.25, 0.3) is 5.56 Å². The molecule has 0 bridgehead atoms. The van der Waals surface area contributed by atoms with Gasteiger partial charge in [-0.2, -0.15) is 4.98 Å². The van der Waals surface area contributed by atoms with Crippen LogP contribution in [0.3, 0.4) is 0 Å². The van der Waals surface area contributed by atoms with Gasteiger partial charge in [0.05, 0.1) is 56.5 Å². The lowest BCUT2D eigenvalue weighted by molar-refractivity contribution is -0.138. The number of hydrogen-bond acceptors (Lipinski definition) is 13. The number of nitrogen functional groups attached to an aromatic ring is 1. The average molecular weight is 632 g/mol. The predicted octanol–water partition coefficient (Wildman–Crippen LogP) is -2.02. The molecule has 0 aliphatic carbocycles. The molecule has 0 amide bonds. The van der Waals surface area contributed by atoms with Crippen molar-refractivity contribution in [1.82, 2.24) is 24.1 Å². The molecule has 4 heterocycles. The van der Waals surface area contributed by atoms with E-state index in [0.717, 1.165) is 5.69 Å². The van der Waals surface area contributed by atoms with Gasteiger partial charge >= 0.3 is 5.97 Å². The molecular formula is C28H37N7O10. The number of nitrogens with one attached hydrogen (secondary N) is 1. The second-order valence-corrected chi connectivity index (χ2v) is 10.1. The number of aliphatic carboxylic acids is 1. The number of aliphatic hydroxyl groups is 5. The molecule has 1 unspecified atom stereocenters. The molecule has 1 atom stereocenters. The highest BCUT2D eigenvalue weighted by Gasteiger charge is 2.31. The number of H-pyrrole nitrogens is 1. The number of carboxylic acid groups (broad SMARTS) is 1. The van der Waals surface area contributed by atoms with Crippen LogP contribution in [0.25, 0.3) is 11.2 Å². The van der Waals surface area contributed by atoms with Crippen LogP contribution >= 0.6 is 0 Å². The number of ether oxygens (including phenoxy) is 1. The van der Waals surface area contributed by atoms with E-state index in [0.29, 0.717) is 24.2 Å². The summed E-state index contributed by atoms with van der Waals surface area (Å²) in [6.45, 7) is -1.23. The van der Waals surface area contributed by atoms with Crippen LogP contribution < -0.4 is 17.0 Å². The molecule has 17 nitrogen and oxygen atoms in total. The van der Waals surface area contributed by atoms with Gasteiger partial charge in [-0.1, -0.05) is 30.3 Å². The van der Waals surface area contributed by atoms with Crippen molar-refractivity contribution in [2.75, 3.05) is 38.8 Å². The highest BCUT2D eigenvalue weighted by Crippen LogP contribution is 2.31. The summed E-state index contributed by atoms with van der Waals surface area (Å²) in [7, 11) is 0. The molecular weight excluding hydrogens is 594 g/mol. The lowest BCUT2D eigenvalue weighted by atomic mass is 10.1. The highest BCUT2D eigenvalue weighted by molar-refractivity contribution is 6.08. The van der Waals surface area contributed by atoms with E-state index in [1.54, 1.807) is 24.3 Å². The Kier molecular flexibility index (Phi) is 12.4. The van der Waals surface area contributed by atoms with Gasteiger partial charge in [0.2, 0.25) is 11.7 Å². The summed E-state index contributed by atoms with van der Waals surface area (Å²) in [5.74, 6) is -1.39. The maximum absolute atomic E-state index is 12.4. The van der Waals surface area contributed by atoms with Crippen LogP contribution in [-0.4, -0.2) is 111 Å². The molecule has 0 fully saturated rings. The van der Waals surface area contributed by atoms with E-state index in [2.05, 4.69) is 15.0 Å². The summed E-state index contributed by atoms with van der Waals surface area (Å²) in [5, 5.41) is 51.9. The second kappa shape index (κ2) is 16.0. The van der Waals surface area contributed by atoms with Gasteiger partial charge in [-0.3, -0.25) is 23.9 Å². The Bertz CT molecular complexity index is 1600. The van der Waals surface area contributed by atoms with E-state index >= 15 is 0 Å². The van der Waals surface area contributed by atoms with Crippen LogP contribution in [-0.2, 0) is 22.8 Å². The topological polar surface area (TPSA) is 285 Å². The first-order valence-electron chi connectivity index (χ1n) is 13.7. The molecule has 1 aliphatic heterocycles. The maximum atomic E-state index is 12.4. The maximum Gasteiger partial charge on any atom is 0.312 e. The van der Waals surface area contributed by atoms with E-state index in [1.165, 1.54) is 10.9 Å². The van der Waals surface area contributed by atoms with Gasteiger partial charge in [-0.15, -0.1) is 0 Å². The highest BCUT2D eigenvalue weighted by atomic mass is 16.5. The summed E-state index contributed by atoms with van der Waals surface area (Å²) < 4.78 is 8.49. The average Bonchev–Trinajstić information content (AvgIpc) is 3.78. The fraction of sp³-hybridized carbons (Fsp3) is 0.393. The SMILES string of the molecule is NC(CO)(CO)CO.Nc1nc2c(ncn2COC(CO)CO)c(=O)[nH]1.O=C(c1ccccc1)c1ccc2n1CCC2C(=O)O. The number of aromatic amines is 1. The number of nitrogens with zero attached hydrogens (tertiary/aromatic N) is 4. The molecule has 244 valence electrons. The molecule has 11 N–H and O–H groups in total. The van der Waals surface area contributed by atoms with E-state index < -0.39 is 48.9 Å². The quantitative estimate of drug-likeness (QED) is 0.0808. The first-order chi connectivity index (χ1) is 21.5. The van der Waals surface area contributed by atoms with Crippen LogP contribution in [0.5, 0.6) is 0 Å². The number of rotatable bonds is 11. The lowest BCUT2D eigenvalue weighted by Crippen LogP contribution is -2.50. The van der Waals surface area contributed by atoms with Crippen molar-refractivity contribution in [2.45, 2.75) is 37.3 Å². The number of carbonyl (C=O) groups is 2. The fourth-order valence-electron chi connectivity index (χ4n) is 4.19. The molecule has 0 spiro atoms. The predicted molar refractivity (Wildman–Crippen MR) is 159 cm³/mol. The molecule has 1 aromatic carbocycles. The number of imidazole rings is 1. The molecule has 0 saturated carbocycles. The molecule has 5 rings (SSSR count). The Morgan fingerprint density at radius 1 is 1.04 bits per heavy atom. The van der Waals surface area contributed by atoms with Crippen molar-refractivity contribution >= 4 is 28.9 Å². The van der Waals surface area contributed by atoms with Gasteiger partial charge in [-0.05, 0) is 18.6 Å². The van der Waals surface area contributed by atoms with E-state index in [4.69, 9.17) is 46.8 Å². The minimum atomic E-state index is -1.21. The lowest BCUT2D eigenvalue weighted by Gasteiger charge is -2.20. The van der Waals surface area contributed by atoms with E-state index in [9.17, 15) is 14.4 Å². The number of benzene rings is 1.